The van der Waals surface area contributed by atoms with Crippen molar-refractivity contribution in [1.82, 2.24) is 9.62 Å². The van der Waals surface area contributed by atoms with Crippen LogP contribution in [0.3, 0.4) is 0 Å². The van der Waals surface area contributed by atoms with E-state index in [0.717, 1.165) is 11.3 Å². The van der Waals surface area contributed by atoms with Gasteiger partial charge in [0.25, 0.3) is 10.0 Å². The van der Waals surface area contributed by atoms with Gasteiger partial charge in [-0.15, -0.1) is 11.3 Å². The van der Waals surface area contributed by atoms with Gasteiger partial charge in [-0.05, 0) is 30.4 Å². The lowest BCUT2D eigenvalue weighted by Crippen LogP contribution is -2.43. The Kier molecular flexibility index (Phi) is 4.14. The number of aryl methyl sites for hydroxylation is 1. The van der Waals surface area contributed by atoms with Gasteiger partial charge in [-0.25, -0.2) is 13.1 Å². The van der Waals surface area contributed by atoms with Crippen LogP contribution in [-0.2, 0) is 19.6 Å². The standard InChI is InChI=1S/C12H16N2O4S2/c1-8-4-6-19-12(8)20(17,18)13-11(16)9-3-5-14(2)10(15)7-9/h4,6,9H,3,5,7H2,1-2H3,(H,13,16). The maximum absolute atomic E-state index is 12.1. The smallest absolute Gasteiger partial charge is 0.273 e. The maximum Gasteiger partial charge on any atom is 0.273 e. The van der Waals surface area contributed by atoms with E-state index in [1.807, 2.05) is 0 Å². The minimum atomic E-state index is -3.83. The van der Waals surface area contributed by atoms with E-state index >= 15 is 0 Å². The SMILES string of the molecule is Cc1ccsc1S(=O)(=O)NC(=O)C1CCN(C)C(=O)C1. The lowest BCUT2D eigenvalue weighted by Gasteiger charge is -2.27. The van der Waals surface area contributed by atoms with Crippen molar-refractivity contribution in [2.45, 2.75) is 24.0 Å². The summed E-state index contributed by atoms with van der Waals surface area (Å²) < 4.78 is 26.4. The van der Waals surface area contributed by atoms with Crippen LogP contribution < -0.4 is 4.72 Å². The van der Waals surface area contributed by atoms with Gasteiger partial charge < -0.3 is 4.90 Å². The normalized spacial score (nSPS) is 20.0. The Morgan fingerprint density at radius 2 is 2.20 bits per heavy atom. The van der Waals surface area contributed by atoms with Gasteiger partial charge in [-0.2, -0.15) is 0 Å². The van der Waals surface area contributed by atoms with Crippen molar-refractivity contribution < 1.29 is 18.0 Å². The topological polar surface area (TPSA) is 83.6 Å². The zero-order chi connectivity index (χ0) is 14.9. The van der Waals surface area contributed by atoms with E-state index in [2.05, 4.69) is 4.72 Å². The third-order valence-electron chi connectivity index (χ3n) is 3.32. The minimum absolute atomic E-state index is 0.0568. The molecule has 1 aliphatic rings. The number of rotatable bonds is 3. The lowest BCUT2D eigenvalue weighted by atomic mass is 9.96. The number of carbonyl (C=O) groups is 2. The van der Waals surface area contributed by atoms with Gasteiger partial charge in [0.05, 0.1) is 0 Å². The van der Waals surface area contributed by atoms with Crippen molar-refractivity contribution in [3.8, 4) is 0 Å². The van der Waals surface area contributed by atoms with Crippen molar-refractivity contribution in [3.05, 3.63) is 17.0 Å². The second-order valence-electron chi connectivity index (χ2n) is 4.87. The average molecular weight is 316 g/mol. The highest BCUT2D eigenvalue weighted by molar-refractivity contribution is 7.92. The van der Waals surface area contributed by atoms with E-state index in [4.69, 9.17) is 0 Å². The quantitative estimate of drug-likeness (QED) is 0.891. The first-order chi connectivity index (χ1) is 9.31. The average Bonchev–Trinajstić information content (AvgIpc) is 2.79. The van der Waals surface area contributed by atoms with E-state index in [9.17, 15) is 18.0 Å². The molecule has 0 bridgehead atoms. The third kappa shape index (κ3) is 3.01. The Balaban J connectivity index is 2.09. The van der Waals surface area contributed by atoms with E-state index in [1.54, 1.807) is 30.3 Å². The number of nitrogens with zero attached hydrogens (tertiary/aromatic N) is 1. The third-order valence-corrected chi connectivity index (χ3v) is 6.36. The van der Waals surface area contributed by atoms with Crippen molar-refractivity contribution in [1.29, 1.82) is 0 Å². The Bertz CT molecular complexity index is 636. The van der Waals surface area contributed by atoms with Crippen LogP contribution in [0.1, 0.15) is 18.4 Å². The molecule has 1 unspecified atom stereocenters. The van der Waals surface area contributed by atoms with Gasteiger partial charge in [0, 0.05) is 25.9 Å². The number of hydrogen-bond donors (Lipinski definition) is 1. The molecular weight excluding hydrogens is 300 g/mol. The summed E-state index contributed by atoms with van der Waals surface area (Å²) in [5, 5.41) is 1.66. The molecule has 1 aliphatic heterocycles. The van der Waals surface area contributed by atoms with Gasteiger partial charge in [-0.3, -0.25) is 9.59 Å². The molecule has 1 saturated heterocycles. The summed E-state index contributed by atoms with van der Waals surface area (Å²) >= 11 is 1.07. The molecule has 20 heavy (non-hydrogen) atoms. The fourth-order valence-electron chi connectivity index (χ4n) is 2.06. The summed E-state index contributed by atoms with van der Waals surface area (Å²) in [6.45, 7) is 2.14. The molecule has 110 valence electrons. The molecule has 2 heterocycles. The van der Waals surface area contributed by atoms with Crippen molar-refractivity contribution in [2.24, 2.45) is 5.92 Å². The molecule has 1 fully saturated rings. The highest BCUT2D eigenvalue weighted by atomic mass is 32.2. The van der Waals surface area contributed by atoms with Crippen LogP contribution in [0.2, 0.25) is 0 Å². The molecule has 0 saturated carbocycles. The van der Waals surface area contributed by atoms with E-state index in [0.29, 0.717) is 18.5 Å². The molecule has 8 heteroatoms. The molecule has 1 aromatic rings. The first-order valence-electron chi connectivity index (χ1n) is 6.16. The molecule has 0 aliphatic carbocycles. The minimum Gasteiger partial charge on any atom is -0.346 e. The zero-order valence-corrected chi connectivity index (χ0v) is 12.9. The van der Waals surface area contributed by atoms with E-state index in [1.165, 1.54) is 0 Å². The van der Waals surface area contributed by atoms with Crippen molar-refractivity contribution in [2.75, 3.05) is 13.6 Å². The van der Waals surface area contributed by atoms with Crippen LogP contribution >= 0.6 is 11.3 Å². The number of sulfonamides is 1. The number of nitrogens with one attached hydrogen (secondary N) is 1. The predicted octanol–water partition coefficient (Wildman–Crippen LogP) is 0.730. The van der Waals surface area contributed by atoms with Crippen LogP contribution in [0, 0.1) is 12.8 Å². The first-order valence-corrected chi connectivity index (χ1v) is 8.52. The Labute approximate surface area is 121 Å². The largest absolute Gasteiger partial charge is 0.346 e. The summed E-state index contributed by atoms with van der Waals surface area (Å²) in [7, 11) is -2.16. The van der Waals surface area contributed by atoms with E-state index in [-0.39, 0.29) is 16.5 Å². The molecular formula is C12H16N2O4S2. The number of amides is 2. The number of carbonyl (C=O) groups excluding carboxylic acids is 2. The fraction of sp³-hybridized carbons (Fsp3) is 0.500. The molecule has 0 radical (unpaired) electrons. The summed E-state index contributed by atoms with van der Waals surface area (Å²) in [6, 6.07) is 1.68. The second kappa shape index (κ2) is 5.53. The second-order valence-corrected chi connectivity index (χ2v) is 7.66. The number of hydrogen-bond acceptors (Lipinski definition) is 5. The summed E-state index contributed by atoms with van der Waals surface area (Å²) in [4.78, 5) is 25.1. The highest BCUT2D eigenvalue weighted by Crippen LogP contribution is 2.23. The summed E-state index contributed by atoms with van der Waals surface area (Å²) in [5.74, 6) is -1.31. The van der Waals surface area contributed by atoms with Crippen LogP contribution in [0.5, 0.6) is 0 Å². The molecule has 2 amide bonds. The predicted molar refractivity (Wildman–Crippen MR) is 74.7 cm³/mol. The molecule has 0 aromatic carbocycles. The van der Waals surface area contributed by atoms with Gasteiger partial charge in [0.1, 0.15) is 4.21 Å². The van der Waals surface area contributed by atoms with Crippen LogP contribution in [0.25, 0.3) is 0 Å². The van der Waals surface area contributed by atoms with Crippen LogP contribution in [-0.4, -0.2) is 38.7 Å². The van der Waals surface area contributed by atoms with Crippen molar-refractivity contribution >= 4 is 33.2 Å². The zero-order valence-electron chi connectivity index (χ0n) is 11.3. The molecule has 1 aromatic heterocycles. The molecule has 2 rings (SSSR count). The summed E-state index contributed by atoms with van der Waals surface area (Å²) in [6.07, 6.45) is 0.536. The van der Waals surface area contributed by atoms with Crippen LogP contribution in [0.4, 0.5) is 0 Å². The van der Waals surface area contributed by atoms with Crippen molar-refractivity contribution in [3.63, 3.8) is 0 Å². The number of thiophene rings is 1. The Hall–Kier alpha value is -1.41. The van der Waals surface area contributed by atoms with Gasteiger partial charge in [0.15, 0.2) is 0 Å². The molecule has 1 atom stereocenters. The first kappa shape index (κ1) is 15.0. The molecule has 6 nitrogen and oxygen atoms in total. The highest BCUT2D eigenvalue weighted by Gasteiger charge is 2.31. The molecule has 1 N–H and O–H groups in total. The Morgan fingerprint density at radius 3 is 2.75 bits per heavy atom. The summed E-state index contributed by atoms with van der Waals surface area (Å²) in [5.41, 5.74) is 0.606. The maximum atomic E-state index is 12.1. The van der Waals surface area contributed by atoms with Gasteiger partial charge >= 0.3 is 0 Å². The Morgan fingerprint density at radius 1 is 1.50 bits per heavy atom. The fourth-order valence-corrected chi connectivity index (χ4v) is 4.53. The number of likely N-dealkylation sites (tertiary alicyclic amines) is 1. The van der Waals surface area contributed by atoms with Crippen LogP contribution in [0.15, 0.2) is 15.7 Å². The van der Waals surface area contributed by atoms with Gasteiger partial charge in [0.2, 0.25) is 11.8 Å². The lowest BCUT2D eigenvalue weighted by molar-refractivity contribution is -0.138. The monoisotopic (exact) mass is 316 g/mol. The molecule has 0 spiro atoms. The number of piperidine rings is 1. The van der Waals surface area contributed by atoms with E-state index < -0.39 is 21.8 Å². The van der Waals surface area contributed by atoms with Gasteiger partial charge in [-0.1, -0.05) is 0 Å².